The second-order valence-corrected chi connectivity index (χ2v) is 6.63. The summed E-state index contributed by atoms with van der Waals surface area (Å²) in [4.78, 5) is 16.6. The number of anilines is 2. The molecule has 3 rings (SSSR count). The van der Waals surface area contributed by atoms with Gasteiger partial charge in [0.15, 0.2) is 0 Å². The minimum absolute atomic E-state index is 0.836. The summed E-state index contributed by atoms with van der Waals surface area (Å²) in [5, 5.41) is 0. The zero-order chi connectivity index (χ0) is 14.8. The van der Waals surface area contributed by atoms with Crippen LogP contribution in [0.25, 0.3) is 0 Å². The fourth-order valence-electron chi connectivity index (χ4n) is 3.08. The smallest absolute Gasteiger partial charge is 0.227 e. The van der Waals surface area contributed by atoms with Crippen molar-refractivity contribution >= 4 is 11.8 Å². The van der Waals surface area contributed by atoms with Crippen LogP contribution < -0.4 is 9.80 Å². The van der Waals surface area contributed by atoms with Gasteiger partial charge >= 0.3 is 0 Å². The van der Waals surface area contributed by atoms with E-state index in [1.54, 1.807) is 0 Å². The van der Waals surface area contributed by atoms with E-state index in [9.17, 15) is 0 Å². The average molecular weight is 289 g/mol. The number of nitrogens with zero attached hydrogens (tertiary/aromatic N) is 5. The van der Waals surface area contributed by atoms with Crippen LogP contribution in [0.15, 0.2) is 6.07 Å². The lowest BCUT2D eigenvalue weighted by molar-refractivity contribution is 0.312. The molecule has 5 heteroatoms. The Hall–Kier alpha value is -1.36. The summed E-state index contributed by atoms with van der Waals surface area (Å²) in [6, 6.07) is 2.13. The predicted molar refractivity (Wildman–Crippen MR) is 87.1 cm³/mol. The zero-order valence-electron chi connectivity index (χ0n) is 13.5. The van der Waals surface area contributed by atoms with E-state index in [4.69, 9.17) is 4.98 Å². The molecule has 21 heavy (non-hydrogen) atoms. The van der Waals surface area contributed by atoms with Gasteiger partial charge in [-0.15, -0.1) is 0 Å². The predicted octanol–water partition coefficient (Wildman–Crippen LogP) is 1.77. The Morgan fingerprint density at radius 3 is 2.29 bits per heavy atom. The summed E-state index contributed by atoms with van der Waals surface area (Å²) < 4.78 is 0. The van der Waals surface area contributed by atoms with E-state index in [0.717, 1.165) is 62.6 Å². The van der Waals surface area contributed by atoms with Gasteiger partial charge in [-0.3, -0.25) is 0 Å². The lowest BCUT2D eigenvalue weighted by Gasteiger charge is -2.34. The molecule has 2 saturated heterocycles. The van der Waals surface area contributed by atoms with Crippen LogP contribution in [-0.2, 0) is 0 Å². The van der Waals surface area contributed by atoms with Crippen molar-refractivity contribution in [1.29, 1.82) is 0 Å². The van der Waals surface area contributed by atoms with E-state index in [1.807, 2.05) is 0 Å². The Labute approximate surface area is 128 Å². The van der Waals surface area contributed by atoms with E-state index in [1.165, 1.54) is 12.8 Å². The van der Waals surface area contributed by atoms with Crippen molar-refractivity contribution in [3.8, 4) is 0 Å². The van der Waals surface area contributed by atoms with Crippen LogP contribution in [0.4, 0.5) is 11.8 Å². The number of aryl methyl sites for hydroxylation is 1. The maximum Gasteiger partial charge on any atom is 0.227 e. The van der Waals surface area contributed by atoms with Crippen molar-refractivity contribution in [2.75, 3.05) is 56.1 Å². The molecule has 1 aromatic rings. The number of hydrogen-bond donors (Lipinski definition) is 0. The highest BCUT2D eigenvalue weighted by Crippen LogP contribution is 2.23. The lowest BCUT2D eigenvalue weighted by Crippen LogP contribution is -2.45. The molecule has 0 saturated carbocycles. The fraction of sp³-hybridized carbons (Fsp3) is 0.750. The summed E-state index contributed by atoms with van der Waals surface area (Å²) in [6.07, 6.45) is 2.50. The SMILES string of the molecule is Cc1cc(N2CCN(C)CC2)nc(N2CCC(C)CC2)n1. The first-order chi connectivity index (χ1) is 10.1. The highest BCUT2D eigenvalue weighted by atomic mass is 15.3. The van der Waals surface area contributed by atoms with Crippen molar-refractivity contribution in [3.05, 3.63) is 11.8 Å². The Balaban J connectivity index is 1.76. The molecule has 3 heterocycles. The van der Waals surface area contributed by atoms with Crippen LogP contribution in [0.5, 0.6) is 0 Å². The molecule has 0 radical (unpaired) electrons. The first-order valence-electron chi connectivity index (χ1n) is 8.16. The maximum atomic E-state index is 4.85. The van der Waals surface area contributed by atoms with Gasteiger partial charge in [-0.2, -0.15) is 4.98 Å². The normalized spacial score (nSPS) is 21.9. The standard InChI is InChI=1S/C16H27N5/c1-13-4-6-21(7-5-13)16-17-14(2)12-15(18-16)20-10-8-19(3)9-11-20/h12-13H,4-11H2,1-3H3. The molecule has 5 nitrogen and oxygen atoms in total. The molecule has 2 aliphatic heterocycles. The van der Waals surface area contributed by atoms with Gasteiger partial charge in [0.2, 0.25) is 5.95 Å². The highest BCUT2D eigenvalue weighted by molar-refractivity contribution is 5.46. The van der Waals surface area contributed by atoms with Gasteiger partial charge in [-0.1, -0.05) is 6.92 Å². The number of likely N-dealkylation sites (N-methyl/N-ethyl adjacent to an activating group) is 1. The van der Waals surface area contributed by atoms with E-state index in [0.29, 0.717) is 0 Å². The number of piperazine rings is 1. The van der Waals surface area contributed by atoms with E-state index >= 15 is 0 Å². The van der Waals surface area contributed by atoms with Crippen molar-refractivity contribution in [3.63, 3.8) is 0 Å². The molecule has 0 unspecified atom stereocenters. The fourth-order valence-corrected chi connectivity index (χ4v) is 3.08. The number of aromatic nitrogens is 2. The third-order valence-electron chi connectivity index (χ3n) is 4.72. The second kappa shape index (κ2) is 6.18. The van der Waals surface area contributed by atoms with Crippen molar-refractivity contribution in [2.45, 2.75) is 26.7 Å². The maximum absolute atomic E-state index is 4.85. The summed E-state index contributed by atoms with van der Waals surface area (Å²) in [7, 11) is 2.18. The largest absolute Gasteiger partial charge is 0.354 e. The van der Waals surface area contributed by atoms with Gasteiger partial charge < -0.3 is 14.7 Å². The monoisotopic (exact) mass is 289 g/mol. The summed E-state index contributed by atoms with van der Waals surface area (Å²) in [5.41, 5.74) is 1.08. The minimum atomic E-state index is 0.836. The van der Waals surface area contributed by atoms with Gasteiger partial charge in [0.05, 0.1) is 0 Å². The van der Waals surface area contributed by atoms with E-state index in [-0.39, 0.29) is 0 Å². The Morgan fingerprint density at radius 2 is 1.62 bits per heavy atom. The molecular formula is C16H27N5. The molecule has 2 aliphatic rings. The lowest BCUT2D eigenvalue weighted by atomic mass is 10.00. The number of rotatable bonds is 2. The molecular weight excluding hydrogens is 262 g/mol. The molecule has 1 aromatic heterocycles. The average Bonchev–Trinajstić information content (AvgIpc) is 2.48. The summed E-state index contributed by atoms with van der Waals surface area (Å²) in [6.45, 7) is 10.9. The Kier molecular flexibility index (Phi) is 4.29. The molecule has 116 valence electrons. The number of piperidine rings is 1. The highest BCUT2D eigenvalue weighted by Gasteiger charge is 2.21. The third-order valence-corrected chi connectivity index (χ3v) is 4.72. The molecule has 0 amide bonds. The van der Waals surface area contributed by atoms with Gasteiger partial charge in [0.1, 0.15) is 5.82 Å². The van der Waals surface area contributed by atoms with E-state index < -0.39 is 0 Å². The molecule has 0 atom stereocenters. The van der Waals surface area contributed by atoms with Crippen LogP contribution in [0.1, 0.15) is 25.5 Å². The first kappa shape index (κ1) is 14.6. The van der Waals surface area contributed by atoms with Crippen LogP contribution in [0.3, 0.4) is 0 Å². The third kappa shape index (κ3) is 3.46. The topological polar surface area (TPSA) is 35.5 Å². The molecule has 0 aliphatic carbocycles. The van der Waals surface area contributed by atoms with Crippen LogP contribution in [0.2, 0.25) is 0 Å². The summed E-state index contributed by atoms with van der Waals surface area (Å²) >= 11 is 0. The van der Waals surface area contributed by atoms with Crippen molar-refractivity contribution < 1.29 is 0 Å². The van der Waals surface area contributed by atoms with Crippen LogP contribution >= 0.6 is 0 Å². The van der Waals surface area contributed by atoms with Gasteiger partial charge in [-0.05, 0) is 32.7 Å². The molecule has 0 bridgehead atoms. The second-order valence-electron chi connectivity index (χ2n) is 6.63. The summed E-state index contributed by atoms with van der Waals surface area (Å²) in [5.74, 6) is 2.86. The zero-order valence-corrected chi connectivity index (χ0v) is 13.5. The van der Waals surface area contributed by atoms with Crippen molar-refractivity contribution in [2.24, 2.45) is 5.92 Å². The van der Waals surface area contributed by atoms with Crippen molar-refractivity contribution in [1.82, 2.24) is 14.9 Å². The molecule has 0 N–H and O–H groups in total. The Bertz CT molecular complexity index is 433. The van der Waals surface area contributed by atoms with Gasteiger partial charge in [-0.25, -0.2) is 4.98 Å². The molecule has 2 fully saturated rings. The van der Waals surface area contributed by atoms with Gasteiger partial charge in [0, 0.05) is 51.0 Å². The van der Waals surface area contributed by atoms with Crippen LogP contribution in [-0.4, -0.2) is 61.2 Å². The number of hydrogen-bond acceptors (Lipinski definition) is 5. The first-order valence-corrected chi connectivity index (χ1v) is 8.16. The van der Waals surface area contributed by atoms with Crippen LogP contribution in [0, 0.1) is 12.8 Å². The quantitative estimate of drug-likeness (QED) is 0.829. The Morgan fingerprint density at radius 1 is 0.952 bits per heavy atom. The molecule has 0 aromatic carbocycles. The molecule has 0 spiro atoms. The minimum Gasteiger partial charge on any atom is -0.354 e. The van der Waals surface area contributed by atoms with E-state index in [2.05, 4.69) is 46.6 Å². The van der Waals surface area contributed by atoms with Gasteiger partial charge in [0.25, 0.3) is 0 Å².